The topological polar surface area (TPSA) is 30.2 Å². The maximum Gasteiger partial charge on any atom is 0.196 e. The van der Waals surface area contributed by atoms with Crippen molar-refractivity contribution in [1.29, 1.82) is 0 Å². The van der Waals surface area contributed by atoms with Gasteiger partial charge in [-0.15, -0.1) is 10.2 Å². The summed E-state index contributed by atoms with van der Waals surface area (Å²) in [5.41, 5.74) is 5.89. The Labute approximate surface area is 139 Å². The number of aromatic nitrogens is 3. The Bertz CT molecular complexity index is 987. The minimum atomic E-state index is 0.892. The fraction of sp³-hybridized carbons (Fsp3) is 0.158. The first-order chi connectivity index (χ1) is 11.2. The lowest BCUT2D eigenvalue weighted by Crippen LogP contribution is -1.93. The standard InChI is InChI=1S/C19H17N3S/c1-13-7-9-15(10-8-13)12-23-19-21-20-18-11-14(2)16-5-3-4-6-17(16)22(18)19/h3-11H,12H2,1-2H3. The highest BCUT2D eigenvalue weighted by molar-refractivity contribution is 7.98. The second-order valence-corrected chi connectivity index (χ2v) is 6.74. The molecular weight excluding hydrogens is 302 g/mol. The van der Waals surface area contributed by atoms with Crippen molar-refractivity contribution in [2.24, 2.45) is 0 Å². The number of aryl methyl sites for hydroxylation is 2. The second-order valence-electron chi connectivity index (χ2n) is 5.79. The lowest BCUT2D eigenvalue weighted by molar-refractivity contribution is 0.939. The number of pyridine rings is 1. The number of thioether (sulfide) groups is 1. The van der Waals surface area contributed by atoms with E-state index in [0.717, 1.165) is 16.6 Å². The molecule has 3 nitrogen and oxygen atoms in total. The van der Waals surface area contributed by atoms with Crippen molar-refractivity contribution in [2.45, 2.75) is 24.8 Å². The van der Waals surface area contributed by atoms with Gasteiger partial charge >= 0.3 is 0 Å². The van der Waals surface area contributed by atoms with E-state index in [9.17, 15) is 0 Å². The van der Waals surface area contributed by atoms with Gasteiger partial charge in [0, 0.05) is 11.1 Å². The van der Waals surface area contributed by atoms with Crippen LogP contribution in [0, 0.1) is 13.8 Å². The van der Waals surface area contributed by atoms with Crippen LogP contribution in [0.25, 0.3) is 16.6 Å². The minimum Gasteiger partial charge on any atom is -0.270 e. The number of nitrogens with zero attached hydrogens (tertiary/aromatic N) is 3. The number of hydrogen-bond donors (Lipinski definition) is 0. The largest absolute Gasteiger partial charge is 0.270 e. The third-order valence-electron chi connectivity index (χ3n) is 4.06. The molecule has 0 unspecified atom stereocenters. The van der Waals surface area contributed by atoms with Crippen molar-refractivity contribution >= 4 is 28.3 Å². The summed E-state index contributed by atoms with van der Waals surface area (Å²) in [7, 11) is 0. The normalized spacial score (nSPS) is 11.4. The lowest BCUT2D eigenvalue weighted by atomic mass is 10.1. The van der Waals surface area contributed by atoms with Crippen LogP contribution >= 0.6 is 11.8 Å². The molecule has 2 aromatic heterocycles. The third kappa shape index (κ3) is 2.59. The molecule has 4 heteroatoms. The molecule has 0 N–H and O–H groups in total. The van der Waals surface area contributed by atoms with Crippen LogP contribution in [0.4, 0.5) is 0 Å². The van der Waals surface area contributed by atoms with E-state index in [1.807, 2.05) is 0 Å². The first-order valence-electron chi connectivity index (χ1n) is 7.64. The second kappa shape index (κ2) is 5.70. The molecule has 0 radical (unpaired) electrons. The van der Waals surface area contributed by atoms with Crippen LogP contribution in [0.2, 0.25) is 0 Å². The van der Waals surface area contributed by atoms with Gasteiger partial charge in [0.2, 0.25) is 0 Å². The third-order valence-corrected chi connectivity index (χ3v) is 5.06. The van der Waals surface area contributed by atoms with Crippen molar-refractivity contribution in [3.05, 3.63) is 71.3 Å². The summed E-state index contributed by atoms with van der Waals surface area (Å²) in [6.45, 7) is 4.23. The molecule has 0 spiro atoms. The maximum atomic E-state index is 4.40. The van der Waals surface area contributed by atoms with Gasteiger partial charge in [0.25, 0.3) is 0 Å². The number of benzene rings is 2. The summed E-state index contributed by atoms with van der Waals surface area (Å²) in [4.78, 5) is 0. The van der Waals surface area contributed by atoms with Crippen LogP contribution in [0.1, 0.15) is 16.7 Å². The zero-order chi connectivity index (χ0) is 15.8. The maximum absolute atomic E-state index is 4.40. The Kier molecular flexibility index (Phi) is 3.54. The molecule has 0 atom stereocenters. The van der Waals surface area contributed by atoms with Crippen molar-refractivity contribution in [3.8, 4) is 0 Å². The highest BCUT2D eigenvalue weighted by Crippen LogP contribution is 2.27. The number of hydrogen-bond acceptors (Lipinski definition) is 3. The van der Waals surface area contributed by atoms with E-state index in [-0.39, 0.29) is 0 Å². The van der Waals surface area contributed by atoms with Crippen LogP contribution in [-0.4, -0.2) is 14.6 Å². The van der Waals surface area contributed by atoms with Gasteiger partial charge in [-0.1, -0.05) is 59.8 Å². The summed E-state index contributed by atoms with van der Waals surface area (Å²) < 4.78 is 2.15. The van der Waals surface area contributed by atoms with E-state index < -0.39 is 0 Å². The SMILES string of the molecule is Cc1ccc(CSc2nnc3cc(C)c4ccccc4n23)cc1. The highest BCUT2D eigenvalue weighted by atomic mass is 32.2. The van der Waals surface area contributed by atoms with Gasteiger partial charge in [-0.05, 0) is 37.1 Å². The lowest BCUT2D eigenvalue weighted by Gasteiger charge is -2.07. The van der Waals surface area contributed by atoms with Crippen LogP contribution in [-0.2, 0) is 5.75 Å². The van der Waals surface area contributed by atoms with Crippen LogP contribution in [0.5, 0.6) is 0 Å². The van der Waals surface area contributed by atoms with Gasteiger partial charge in [-0.25, -0.2) is 0 Å². The predicted molar refractivity (Wildman–Crippen MR) is 96.0 cm³/mol. The van der Waals surface area contributed by atoms with Crippen molar-refractivity contribution in [1.82, 2.24) is 14.6 Å². The molecule has 0 bridgehead atoms. The summed E-state index contributed by atoms with van der Waals surface area (Å²) in [6, 6.07) is 19.2. The first kappa shape index (κ1) is 14.3. The Morgan fingerprint density at radius 3 is 2.57 bits per heavy atom. The molecule has 0 amide bonds. The number of para-hydroxylation sites is 1. The highest BCUT2D eigenvalue weighted by Gasteiger charge is 2.11. The molecule has 23 heavy (non-hydrogen) atoms. The molecule has 0 saturated heterocycles. The molecule has 0 aliphatic rings. The fourth-order valence-electron chi connectivity index (χ4n) is 2.80. The Morgan fingerprint density at radius 2 is 1.74 bits per heavy atom. The molecule has 2 heterocycles. The summed E-state index contributed by atoms with van der Waals surface area (Å²) >= 11 is 1.73. The van der Waals surface area contributed by atoms with Crippen LogP contribution in [0.15, 0.2) is 59.8 Å². The van der Waals surface area contributed by atoms with Gasteiger partial charge in [-0.2, -0.15) is 0 Å². The molecule has 4 aromatic rings. The molecule has 114 valence electrons. The monoisotopic (exact) mass is 319 g/mol. The van der Waals surface area contributed by atoms with Gasteiger partial charge in [0.15, 0.2) is 10.8 Å². The Morgan fingerprint density at radius 1 is 0.957 bits per heavy atom. The van der Waals surface area contributed by atoms with Gasteiger partial charge in [0.1, 0.15) is 0 Å². The number of fused-ring (bicyclic) bond motifs is 3. The molecule has 0 aliphatic carbocycles. The van der Waals surface area contributed by atoms with Gasteiger partial charge in [0.05, 0.1) is 5.52 Å². The predicted octanol–water partition coefficient (Wildman–Crippen LogP) is 4.79. The van der Waals surface area contributed by atoms with E-state index in [0.29, 0.717) is 0 Å². The summed E-state index contributed by atoms with van der Waals surface area (Å²) in [6.07, 6.45) is 0. The quantitative estimate of drug-likeness (QED) is 0.509. The average Bonchev–Trinajstić information content (AvgIpc) is 2.98. The van der Waals surface area contributed by atoms with Crippen LogP contribution in [0.3, 0.4) is 0 Å². The summed E-state index contributed by atoms with van der Waals surface area (Å²) in [5, 5.41) is 10.9. The van der Waals surface area contributed by atoms with Crippen molar-refractivity contribution < 1.29 is 0 Å². The molecule has 0 saturated carbocycles. The van der Waals surface area contributed by atoms with E-state index in [1.54, 1.807) is 11.8 Å². The molecule has 0 aliphatic heterocycles. The van der Waals surface area contributed by atoms with Crippen molar-refractivity contribution in [3.63, 3.8) is 0 Å². The molecule has 2 aromatic carbocycles. The average molecular weight is 319 g/mol. The summed E-state index contributed by atoms with van der Waals surface area (Å²) in [5.74, 6) is 0.892. The van der Waals surface area contributed by atoms with E-state index in [1.165, 1.54) is 27.6 Å². The van der Waals surface area contributed by atoms with E-state index >= 15 is 0 Å². The van der Waals surface area contributed by atoms with Crippen LogP contribution < -0.4 is 0 Å². The Hall–Kier alpha value is -2.33. The number of rotatable bonds is 3. The minimum absolute atomic E-state index is 0.892. The van der Waals surface area contributed by atoms with Gasteiger partial charge < -0.3 is 0 Å². The van der Waals surface area contributed by atoms with E-state index in [4.69, 9.17) is 0 Å². The smallest absolute Gasteiger partial charge is 0.196 e. The zero-order valence-corrected chi connectivity index (χ0v) is 14.0. The van der Waals surface area contributed by atoms with Gasteiger partial charge in [-0.3, -0.25) is 4.40 Å². The van der Waals surface area contributed by atoms with E-state index in [2.05, 4.69) is 83.0 Å². The zero-order valence-electron chi connectivity index (χ0n) is 13.2. The molecule has 0 fully saturated rings. The van der Waals surface area contributed by atoms with Crippen molar-refractivity contribution in [2.75, 3.05) is 0 Å². The first-order valence-corrected chi connectivity index (χ1v) is 8.63. The molecular formula is C19H17N3S. The molecule has 4 rings (SSSR count). The fourth-order valence-corrected chi connectivity index (χ4v) is 3.71. The Balaban J connectivity index is 1.75.